The van der Waals surface area contributed by atoms with E-state index in [1.54, 1.807) is 24.5 Å². The first-order valence-corrected chi connectivity index (χ1v) is 11.6. The van der Waals surface area contributed by atoms with E-state index in [2.05, 4.69) is 27.3 Å². The van der Waals surface area contributed by atoms with Crippen molar-refractivity contribution in [3.8, 4) is 17.1 Å². The highest BCUT2D eigenvalue weighted by atomic mass is 16.3. The summed E-state index contributed by atoms with van der Waals surface area (Å²) < 4.78 is 0. The fourth-order valence-corrected chi connectivity index (χ4v) is 4.42. The normalized spacial score (nSPS) is 15.6. The van der Waals surface area contributed by atoms with Crippen LogP contribution in [0, 0.1) is 6.92 Å². The number of pyridine rings is 1. The van der Waals surface area contributed by atoms with Gasteiger partial charge in [0, 0.05) is 47.6 Å². The fraction of sp³-hybridized carbons (Fsp3) is 0.259. The summed E-state index contributed by atoms with van der Waals surface area (Å²) in [6.07, 6.45) is 5.50. The summed E-state index contributed by atoms with van der Waals surface area (Å²) in [4.78, 5) is 28.5. The number of para-hydroxylation sites is 1. The summed E-state index contributed by atoms with van der Waals surface area (Å²) in [5.41, 5.74) is 3.62. The lowest BCUT2D eigenvalue weighted by Crippen LogP contribution is -2.37. The van der Waals surface area contributed by atoms with Crippen molar-refractivity contribution in [1.82, 2.24) is 20.3 Å². The quantitative estimate of drug-likeness (QED) is 0.432. The number of aromatic nitrogens is 3. The van der Waals surface area contributed by atoms with Crippen LogP contribution < -0.4 is 10.2 Å². The number of phenolic OH excluding ortho intramolecular Hbond substituents is 1. The first kappa shape index (κ1) is 21.8. The highest BCUT2D eigenvalue weighted by Crippen LogP contribution is 2.33. The van der Waals surface area contributed by atoms with Crippen molar-refractivity contribution < 1.29 is 14.2 Å². The van der Waals surface area contributed by atoms with Gasteiger partial charge in [0.25, 0.3) is 0 Å². The topological polar surface area (TPSA) is 91.2 Å². The average Bonchev–Trinajstić information content (AvgIpc) is 3.31. The van der Waals surface area contributed by atoms with Crippen molar-refractivity contribution >= 4 is 22.6 Å². The van der Waals surface area contributed by atoms with Gasteiger partial charge in [0.15, 0.2) is 5.82 Å². The number of hydrogen-bond donors (Lipinski definition) is 2. The van der Waals surface area contributed by atoms with Gasteiger partial charge in [-0.05, 0) is 61.2 Å². The van der Waals surface area contributed by atoms with Gasteiger partial charge in [-0.1, -0.05) is 24.3 Å². The minimum atomic E-state index is 0. The van der Waals surface area contributed by atoms with Crippen LogP contribution in [-0.4, -0.2) is 45.1 Å². The van der Waals surface area contributed by atoms with Crippen molar-refractivity contribution in [3.63, 3.8) is 0 Å². The summed E-state index contributed by atoms with van der Waals surface area (Å²) in [6, 6.07) is 17.2. The second-order valence-electron chi connectivity index (χ2n) is 8.77. The molecule has 0 bridgehead atoms. The summed E-state index contributed by atoms with van der Waals surface area (Å²) in [5.74, 6) is 1.53. The predicted octanol–water partition coefficient (Wildman–Crippen LogP) is 4.77. The number of aromatic hydroxyl groups is 1. The molecule has 34 heavy (non-hydrogen) atoms. The number of carbonyl (C=O) groups is 1. The molecule has 1 aliphatic rings. The molecule has 4 aromatic rings. The van der Waals surface area contributed by atoms with E-state index in [1.807, 2.05) is 37.3 Å². The highest BCUT2D eigenvalue weighted by molar-refractivity contribution is 5.92. The van der Waals surface area contributed by atoms with Crippen LogP contribution in [0.2, 0.25) is 0 Å². The van der Waals surface area contributed by atoms with Crippen molar-refractivity contribution in [2.24, 2.45) is 0 Å². The van der Waals surface area contributed by atoms with Crippen LogP contribution in [-0.2, 0) is 11.2 Å². The van der Waals surface area contributed by atoms with E-state index >= 15 is 0 Å². The number of phenols is 1. The van der Waals surface area contributed by atoms with Crippen LogP contribution in [0.25, 0.3) is 22.3 Å². The fourth-order valence-electron chi connectivity index (χ4n) is 4.42. The summed E-state index contributed by atoms with van der Waals surface area (Å²) in [7, 11) is 0. The van der Waals surface area contributed by atoms with Gasteiger partial charge in [-0.3, -0.25) is 9.78 Å². The third-order valence-electron chi connectivity index (χ3n) is 6.19. The Hall–Kier alpha value is -4.00. The molecule has 0 spiro atoms. The van der Waals surface area contributed by atoms with E-state index in [9.17, 15) is 9.90 Å². The Balaban J connectivity index is 0.00000160. The van der Waals surface area contributed by atoms with Crippen LogP contribution in [0.4, 0.5) is 5.82 Å². The third kappa shape index (κ3) is 4.69. The Morgan fingerprint density at radius 2 is 2.06 bits per heavy atom. The number of nitrogens with one attached hydrogen (secondary N) is 1. The Kier molecular flexibility index (Phi) is 6.08. The monoisotopic (exact) mass is 459 g/mol. The average molecular weight is 460 g/mol. The second kappa shape index (κ2) is 9.47. The molecule has 1 saturated heterocycles. The Morgan fingerprint density at radius 1 is 1.18 bits per heavy atom. The van der Waals surface area contributed by atoms with E-state index in [1.165, 1.54) is 0 Å². The number of aryl methyl sites for hydroxylation is 2. The lowest BCUT2D eigenvalue weighted by Gasteiger charge is -2.21. The Labute approximate surface area is 203 Å². The van der Waals surface area contributed by atoms with Crippen LogP contribution >= 0.6 is 0 Å². The minimum Gasteiger partial charge on any atom is -0.507 e. The van der Waals surface area contributed by atoms with Crippen LogP contribution in [0.5, 0.6) is 5.75 Å². The Morgan fingerprint density at radius 3 is 2.88 bits per heavy atom. The molecule has 0 unspecified atom stereocenters. The van der Waals surface area contributed by atoms with E-state index < -0.39 is 0 Å². The van der Waals surface area contributed by atoms with Crippen LogP contribution in [0.1, 0.15) is 28.2 Å². The summed E-state index contributed by atoms with van der Waals surface area (Å²) in [6.45, 7) is 3.50. The molecule has 5 rings (SSSR count). The molecule has 1 amide bonds. The molecular formula is C27H33N5O2. The van der Waals surface area contributed by atoms with Crippen LogP contribution in [0.15, 0.2) is 67.0 Å². The Bertz CT molecular complexity index is 1340. The van der Waals surface area contributed by atoms with Gasteiger partial charge < -0.3 is 15.3 Å². The molecule has 2 aromatic carbocycles. The molecule has 0 aliphatic carbocycles. The van der Waals surface area contributed by atoms with Gasteiger partial charge in [-0.25, -0.2) is 9.97 Å². The zero-order valence-corrected chi connectivity index (χ0v) is 19.1. The number of rotatable bonds is 6. The number of anilines is 1. The number of amides is 1. The van der Waals surface area contributed by atoms with E-state index in [-0.39, 0.29) is 22.0 Å². The van der Waals surface area contributed by atoms with Crippen molar-refractivity contribution in [2.75, 3.05) is 18.0 Å². The lowest BCUT2D eigenvalue weighted by molar-refractivity contribution is -0.121. The van der Waals surface area contributed by atoms with Crippen molar-refractivity contribution in [2.45, 2.75) is 32.2 Å². The number of hydrogen-bond acceptors (Lipinski definition) is 6. The molecule has 0 radical (unpaired) electrons. The lowest BCUT2D eigenvalue weighted by atomic mass is 10.1. The molecule has 3 heterocycles. The van der Waals surface area contributed by atoms with Gasteiger partial charge >= 0.3 is 0 Å². The molecule has 2 N–H and O–H groups in total. The summed E-state index contributed by atoms with van der Waals surface area (Å²) >= 11 is 0. The number of fused-ring (bicyclic) bond motifs is 1. The smallest absolute Gasteiger partial charge is 0.220 e. The van der Waals surface area contributed by atoms with Gasteiger partial charge in [0.1, 0.15) is 11.6 Å². The van der Waals surface area contributed by atoms with E-state index in [0.717, 1.165) is 40.8 Å². The van der Waals surface area contributed by atoms with Gasteiger partial charge in [-0.15, -0.1) is 0 Å². The molecule has 7 heteroatoms. The van der Waals surface area contributed by atoms with E-state index in [0.29, 0.717) is 30.8 Å². The molecule has 1 aliphatic heterocycles. The zero-order chi connectivity index (χ0) is 23.5. The maximum absolute atomic E-state index is 12.5. The largest absolute Gasteiger partial charge is 0.507 e. The molecule has 178 valence electrons. The maximum atomic E-state index is 12.5. The molecule has 2 aromatic heterocycles. The zero-order valence-electron chi connectivity index (χ0n) is 19.1. The number of benzene rings is 2. The van der Waals surface area contributed by atoms with E-state index in [4.69, 9.17) is 9.97 Å². The standard InChI is InChI=1S/C27H27N5O2.3H2/c1-18-8-10-21-23(15-18)30-26(22-6-2-3-7-24(22)33)31-27(21)32-14-12-20(17-32)29-25(34)11-9-19-5-4-13-28-16-19;;;/h2-8,10,13,15-16,20,33H,9,11-12,14,17H2,1H3,(H,29,34);3*1H/t20-;;;/m1.../s1. The van der Waals surface area contributed by atoms with Crippen molar-refractivity contribution in [1.29, 1.82) is 0 Å². The van der Waals surface area contributed by atoms with Crippen LogP contribution in [0.3, 0.4) is 0 Å². The molecule has 1 atom stereocenters. The minimum absolute atomic E-state index is 0. The first-order valence-electron chi connectivity index (χ1n) is 11.6. The number of nitrogens with zero attached hydrogens (tertiary/aromatic N) is 4. The molecular weight excluding hydrogens is 426 g/mol. The van der Waals surface area contributed by atoms with Gasteiger partial charge in [0.05, 0.1) is 11.1 Å². The highest BCUT2D eigenvalue weighted by Gasteiger charge is 2.27. The van der Waals surface area contributed by atoms with Gasteiger partial charge in [0.2, 0.25) is 5.91 Å². The second-order valence-corrected chi connectivity index (χ2v) is 8.77. The third-order valence-corrected chi connectivity index (χ3v) is 6.19. The first-order chi connectivity index (χ1) is 16.6. The van der Waals surface area contributed by atoms with Crippen molar-refractivity contribution in [3.05, 3.63) is 78.1 Å². The predicted molar refractivity (Wildman–Crippen MR) is 139 cm³/mol. The molecule has 1 fully saturated rings. The molecule has 7 nitrogen and oxygen atoms in total. The SMILES string of the molecule is Cc1ccc2c(N3CC[C@@H](NC(=O)CCc4cccnc4)C3)nc(-c3ccccc3O)nc2c1.[HH].[HH].[HH]. The summed E-state index contributed by atoms with van der Waals surface area (Å²) in [5, 5.41) is 14.5. The molecule has 0 saturated carbocycles. The maximum Gasteiger partial charge on any atom is 0.220 e. The number of carbonyl (C=O) groups excluding carboxylic acids is 1. The van der Waals surface area contributed by atoms with Gasteiger partial charge in [-0.2, -0.15) is 0 Å².